The van der Waals surface area contributed by atoms with E-state index in [2.05, 4.69) is 37.4 Å². The number of carbonyl (C=O) groups is 1. The molecule has 0 atom stereocenters. The largest absolute Gasteiger partial charge is 0.354 e. The van der Waals surface area contributed by atoms with Crippen LogP contribution in [0.3, 0.4) is 0 Å². The lowest BCUT2D eigenvalue weighted by Crippen LogP contribution is -2.20. The molecule has 1 amide bonds. The van der Waals surface area contributed by atoms with Crippen LogP contribution in [-0.4, -0.2) is 32.7 Å². The number of carbonyl (C=O) groups excluding carboxylic acids is 1. The van der Waals surface area contributed by atoms with Crippen LogP contribution in [-0.2, 0) is 6.54 Å². The van der Waals surface area contributed by atoms with Gasteiger partial charge >= 0.3 is 0 Å². The van der Waals surface area contributed by atoms with Crippen LogP contribution in [0.1, 0.15) is 20.9 Å². The third-order valence-electron chi connectivity index (χ3n) is 4.47. The molecule has 1 N–H and O–H groups in total. The van der Waals surface area contributed by atoms with Crippen molar-refractivity contribution in [3.05, 3.63) is 83.4 Å². The van der Waals surface area contributed by atoms with Gasteiger partial charge in [0.25, 0.3) is 5.91 Å². The first kappa shape index (κ1) is 18.8. The first-order valence-corrected chi connectivity index (χ1v) is 9.93. The standard InChI is InChI=1S/C21H20N6OS/c1-15-19(20(28)22-2)25-21(29-15)26(12-16-7-4-3-5-8-16)17-9-6-10-18(11-17)27-14-23-13-24-27/h3-11,13-14H,12H2,1-2H3,(H,22,28). The molecular weight excluding hydrogens is 384 g/mol. The third kappa shape index (κ3) is 4.02. The lowest BCUT2D eigenvalue weighted by molar-refractivity contribution is 0.0958. The van der Waals surface area contributed by atoms with Crippen LogP contribution >= 0.6 is 11.3 Å². The Morgan fingerprint density at radius 2 is 2.00 bits per heavy atom. The van der Waals surface area contributed by atoms with E-state index >= 15 is 0 Å². The van der Waals surface area contributed by atoms with Gasteiger partial charge in [0.2, 0.25) is 0 Å². The van der Waals surface area contributed by atoms with E-state index in [0.29, 0.717) is 12.2 Å². The molecule has 8 heteroatoms. The van der Waals surface area contributed by atoms with Gasteiger partial charge in [0.1, 0.15) is 18.3 Å². The lowest BCUT2D eigenvalue weighted by Gasteiger charge is -2.23. The van der Waals surface area contributed by atoms with Crippen molar-refractivity contribution in [3.63, 3.8) is 0 Å². The van der Waals surface area contributed by atoms with Crippen LogP contribution in [0.15, 0.2) is 67.3 Å². The Hall–Kier alpha value is -3.52. The van der Waals surface area contributed by atoms with Crippen molar-refractivity contribution in [2.24, 2.45) is 0 Å². The highest BCUT2D eigenvalue weighted by Gasteiger charge is 2.20. The molecule has 4 rings (SSSR count). The topological polar surface area (TPSA) is 75.9 Å². The molecule has 0 aliphatic carbocycles. The number of anilines is 2. The molecule has 0 spiro atoms. The van der Waals surface area contributed by atoms with Gasteiger partial charge in [-0.3, -0.25) is 4.79 Å². The van der Waals surface area contributed by atoms with Gasteiger partial charge in [-0.25, -0.2) is 14.6 Å². The van der Waals surface area contributed by atoms with Crippen molar-refractivity contribution < 1.29 is 4.79 Å². The van der Waals surface area contributed by atoms with Crippen molar-refractivity contribution in [2.45, 2.75) is 13.5 Å². The van der Waals surface area contributed by atoms with Crippen LogP contribution in [0.25, 0.3) is 5.69 Å². The number of amides is 1. The van der Waals surface area contributed by atoms with Gasteiger partial charge in [-0.1, -0.05) is 36.4 Å². The summed E-state index contributed by atoms with van der Waals surface area (Å²) in [6.45, 7) is 2.54. The van der Waals surface area contributed by atoms with Crippen molar-refractivity contribution in [1.29, 1.82) is 0 Å². The number of thiazole rings is 1. The molecule has 0 radical (unpaired) electrons. The predicted octanol–water partition coefficient (Wildman–Crippen LogP) is 3.73. The molecule has 0 fully saturated rings. The molecule has 29 heavy (non-hydrogen) atoms. The highest BCUT2D eigenvalue weighted by Crippen LogP contribution is 2.33. The van der Waals surface area contributed by atoms with Crippen LogP contribution in [0, 0.1) is 6.92 Å². The summed E-state index contributed by atoms with van der Waals surface area (Å²) in [5.74, 6) is -0.180. The number of hydrogen-bond donors (Lipinski definition) is 1. The summed E-state index contributed by atoms with van der Waals surface area (Å²) in [6.07, 6.45) is 3.17. The van der Waals surface area contributed by atoms with Gasteiger partial charge in [0, 0.05) is 17.6 Å². The third-order valence-corrected chi connectivity index (χ3v) is 5.46. The molecular formula is C21H20N6OS. The maximum absolute atomic E-state index is 12.2. The molecule has 146 valence electrons. The minimum Gasteiger partial charge on any atom is -0.354 e. The van der Waals surface area contributed by atoms with E-state index < -0.39 is 0 Å². The Bertz CT molecular complexity index is 1110. The SMILES string of the molecule is CNC(=O)c1nc(N(Cc2ccccc2)c2cccc(-n3cncn3)c2)sc1C. The quantitative estimate of drug-likeness (QED) is 0.530. The number of rotatable bonds is 6. The first-order valence-electron chi connectivity index (χ1n) is 9.12. The molecule has 7 nitrogen and oxygen atoms in total. The molecule has 0 aliphatic rings. The number of nitrogens with one attached hydrogen (secondary N) is 1. The summed E-state index contributed by atoms with van der Waals surface area (Å²) in [6, 6.07) is 18.2. The van der Waals surface area contributed by atoms with Crippen molar-refractivity contribution in [3.8, 4) is 5.69 Å². The summed E-state index contributed by atoms with van der Waals surface area (Å²) in [5, 5.41) is 7.64. The maximum Gasteiger partial charge on any atom is 0.270 e. The highest BCUT2D eigenvalue weighted by atomic mass is 32.1. The Morgan fingerprint density at radius 1 is 1.17 bits per heavy atom. The predicted molar refractivity (Wildman–Crippen MR) is 114 cm³/mol. The normalized spacial score (nSPS) is 10.7. The minimum atomic E-state index is -0.180. The second-order valence-electron chi connectivity index (χ2n) is 6.41. The lowest BCUT2D eigenvalue weighted by atomic mass is 10.2. The second kappa shape index (κ2) is 8.24. The van der Waals surface area contributed by atoms with Crippen LogP contribution < -0.4 is 10.2 Å². The smallest absolute Gasteiger partial charge is 0.270 e. The van der Waals surface area contributed by atoms with Gasteiger partial charge in [-0.2, -0.15) is 5.10 Å². The monoisotopic (exact) mass is 404 g/mol. The van der Waals surface area contributed by atoms with Crippen molar-refractivity contribution in [2.75, 3.05) is 11.9 Å². The number of hydrogen-bond acceptors (Lipinski definition) is 6. The van der Waals surface area contributed by atoms with E-state index in [-0.39, 0.29) is 5.91 Å². The molecule has 0 unspecified atom stereocenters. The Labute approximate surface area is 172 Å². The van der Waals surface area contributed by atoms with Crippen LogP contribution in [0.2, 0.25) is 0 Å². The molecule has 0 bridgehead atoms. The zero-order valence-electron chi connectivity index (χ0n) is 16.1. The van der Waals surface area contributed by atoms with Gasteiger partial charge < -0.3 is 10.2 Å². The summed E-state index contributed by atoms with van der Waals surface area (Å²) < 4.78 is 1.72. The van der Waals surface area contributed by atoms with E-state index in [1.807, 2.05) is 49.4 Å². The van der Waals surface area contributed by atoms with Crippen LogP contribution in [0.4, 0.5) is 10.8 Å². The Kier molecular flexibility index (Phi) is 5.35. The average Bonchev–Trinajstić information content (AvgIpc) is 3.42. The number of nitrogens with zero attached hydrogens (tertiary/aromatic N) is 5. The fraction of sp³-hybridized carbons (Fsp3) is 0.143. The number of aromatic nitrogens is 4. The summed E-state index contributed by atoms with van der Waals surface area (Å²) in [7, 11) is 1.62. The minimum absolute atomic E-state index is 0.180. The molecule has 4 aromatic rings. The van der Waals surface area contributed by atoms with E-state index in [4.69, 9.17) is 0 Å². The Balaban J connectivity index is 1.77. The van der Waals surface area contributed by atoms with E-state index in [0.717, 1.165) is 26.9 Å². The van der Waals surface area contributed by atoms with Crippen LogP contribution in [0.5, 0.6) is 0 Å². The second-order valence-corrected chi connectivity index (χ2v) is 7.59. The fourth-order valence-corrected chi connectivity index (χ4v) is 3.93. The Morgan fingerprint density at radius 3 is 2.72 bits per heavy atom. The number of aryl methyl sites for hydroxylation is 1. The summed E-state index contributed by atoms with van der Waals surface area (Å²) >= 11 is 1.50. The molecule has 2 heterocycles. The zero-order valence-corrected chi connectivity index (χ0v) is 16.9. The molecule has 0 aliphatic heterocycles. The van der Waals surface area contributed by atoms with Crippen molar-refractivity contribution >= 4 is 28.1 Å². The van der Waals surface area contributed by atoms with E-state index in [1.165, 1.54) is 17.7 Å². The van der Waals surface area contributed by atoms with Crippen molar-refractivity contribution in [1.82, 2.24) is 25.1 Å². The van der Waals surface area contributed by atoms with Gasteiger partial charge in [-0.15, -0.1) is 11.3 Å². The average molecular weight is 404 g/mol. The zero-order chi connectivity index (χ0) is 20.2. The molecule has 0 saturated heterocycles. The molecule has 0 saturated carbocycles. The first-order chi connectivity index (χ1) is 14.2. The summed E-state index contributed by atoms with van der Waals surface area (Å²) in [5.41, 5.74) is 3.46. The molecule has 2 aromatic heterocycles. The highest BCUT2D eigenvalue weighted by molar-refractivity contribution is 7.15. The maximum atomic E-state index is 12.2. The van der Waals surface area contributed by atoms with E-state index in [9.17, 15) is 4.79 Å². The van der Waals surface area contributed by atoms with Gasteiger partial charge in [-0.05, 0) is 30.7 Å². The number of benzene rings is 2. The van der Waals surface area contributed by atoms with Gasteiger partial charge in [0.05, 0.1) is 12.2 Å². The fourth-order valence-electron chi connectivity index (χ4n) is 3.01. The summed E-state index contributed by atoms with van der Waals surface area (Å²) in [4.78, 5) is 23.8. The van der Waals surface area contributed by atoms with E-state index in [1.54, 1.807) is 18.1 Å². The van der Waals surface area contributed by atoms with Gasteiger partial charge in [0.15, 0.2) is 5.13 Å². The molecule has 2 aromatic carbocycles.